The van der Waals surface area contributed by atoms with Gasteiger partial charge in [-0.05, 0) is 36.5 Å². The molecule has 0 aromatic carbocycles. The highest BCUT2D eigenvalue weighted by Crippen LogP contribution is 2.47. The van der Waals surface area contributed by atoms with E-state index in [9.17, 15) is 15.0 Å². The molecule has 3 atom stereocenters. The second-order valence-corrected chi connectivity index (χ2v) is 5.79. The Kier molecular flexibility index (Phi) is 4.95. The van der Waals surface area contributed by atoms with Crippen LogP contribution in [0.15, 0.2) is 0 Å². The van der Waals surface area contributed by atoms with Gasteiger partial charge in [0.2, 0.25) is 0 Å². The first-order valence-electron chi connectivity index (χ1n) is 6.30. The molecule has 1 aliphatic carbocycles. The number of ether oxygens (including phenoxy) is 1. The Labute approximate surface area is 103 Å². The zero-order valence-corrected chi connectivity index (χ0v) is 11.0. The molecule has 0 aliphatic heterocycles. The van der Waals surface area contributed by atoms with E-state index in [4.69, 9.17) is 4.74 Å². The minimum absolute atomic E-state index is 0.257. The first kappa shape index (κ1) is 14.5. The van der Waals surface area contributed by atoms with Gasteiger partial charge in [0.25, 0.3) is 0 Å². The second kappa shape index (κ2) is 5.83. The van der Waals surface area contributed by atoms with E-state index in [-0.39, 0.29) is 24.2 Å². The predicted molar refractivity (Wildman–Crippen MR) is 64.1 cm³/mol. The van der Waals surface area contributed by atoms with Gasteiger partial charge in [-0.15, -0.1) is 0 Å². The van der Waals surface area contributed by atoms with Crippen molar-refractivity contribution in [3.63, 3.8) is 0 Å². The molecule has 0 aromatic heterocycles. The molecule has 1 unspecified atom stereocenters. The highest BCUT2D eigenvalue weighted by Gasteiger charge is 2.41. The highest BCUT2D eigenvalue weighted by atomic mass is 16.5. The third-order valence-corrected chi connectivity index (χ3v) is 3.73. The quantitative estimate of drug-likeness (QED) is 0.583. The first-order valence-corrected chi connectivity index (χ1v) is 6.30. The van der Waals surface area contributed by atoms with Crippen LogP contribution >= 0.6 is 0 Å². The van der Waals surface area contributed by atoms with E-state index in [0.29, 0.717) is 11.8 Å². The molecule has 0 spiro atoms. The number of rotatable bonds is 4. The van der Waals surface area contributed by atoms with Crippen molar-refractivity contribution in [1.29, 1.82) is 0 Å². The molecular weight excluding hydrogens is 220 g/mol. The lowest BCUT2D eigenvalue weighted by atomic mass is 9.63. The Hall–Kier alpha value is -0.610. The molecular formula is C13H24O4. The van der Waals surface area contributed by atoms with Crippen LogP contribution in [0, 0.1) is 17.3 Å². The number of methoxy groups -OCH3 is 1. The molecule has 0 radical (unpaired) electrons. The molecule has 17 heavy (non-hydrogen) atoms. The largest absolute Gasteiger partial charge is 0.469 e. The zero-order valence-electron chi connectivity index (χ0n) is 11.0. The summed E-state index contributed by atoms with van der Waals surface area (Å²) in [6.07, 6.45) is 2.07. The van der Waals surface area contributed by atoms with Gasteiger partial charge < -0.3 is 14.9 Å². The number of aliphatic hydroxyl groups excluding tert-OH is 1. The number of carbonyl (C=O) groups is 1. The van der Waals surface area contributed by atoms with Crippen molar-refractivity contribution in [3.8, 4) is 0 Å². The summed E-state index contributed by atoms with van der Waals surface area (Å²) in [5.41, 5.74) is -0.307. The van der Waals surface area contributed by atoms with Crippen molar-refractivity contribution in [2.45, 2.75) is 52.2 Å². The SMILES string of the molecule is COC(=O)CC1(CC(O)O)C[C@H](C)C[C@H](C)C1. The molecule has 0 amide bonds. The molecule has 0 heterocycles. The molecule has 2 N–H and O–H groups in total. The van der Waals surface area contributed by atoms with Gasteiger partial charge in [0, 0.05) is 6.42 Å². The molecule has 1 aliphatic rings. The van der Waals surface area contributed by atoms with E-state index < -0.39 is 6.29 Å². The summed E-state index contributed by atoms with van der Waals surface area (Å²) in [6.45, 7) is 4.32. The van der Waals surface area contributed by atoms with E-state index in [1.165, 1.54) is 7.11 Å². The van der Waals surface area contributed by atoms with Crippen LogP contribution in [0.1, 0.15) is 46.0 Å². The van der Waals surface area contributed by atoms with Gasteiger partial charge >= 0.3 is 5.97 Å². The maximum Gasteiger partial charge on any atom is 0.306 e. The summed E-state index contributed by atoms with van der Waals surface area (Å²) >= 11 is 0. The molecule has 4 heteroatoms. The van der Waals surface area contributed by atoms with Crippen LogP contribution < -0.4 is 0 Å². The Morgan fingerprint density at radius 2 is 1.88 bits per heavy atom. The number of hydrogen-bond donors (Lipinski definition) is 2. The van der Waals surface area contributed by atoms with Crippen molar-refractivity contribution in [3.05, 3.63) is 0 Å². The minimum atomic E-state index is -1.35. The average molecular weight is 244 g/mol. The third kappa shape index (κ3) is 4.28. The average Bonchev–Trinajstić information content (AvgIpc) is 2.13. The molecule has 0 saturated heterocycles. The topological polar surface area (TPSA) is 66.8 Å². The van der Waals surface area contributed by atoms with Crippen molar-refractivity contribution < 1.29 is 19.7 Å². The summed E-state index contributed by atoms with van der Waals surface area (Å²) in [7, 11) is 1.38. The fraction of sp³-hybridized carbons (Fsp3) is 0.923. The van der Waals surface area contributed by atoms with Crippen molar-refractivity contribution >= 4 is 5.97 Å². The molecule has 0 aromatic rings. The number of carbonyl (C=O) groups excluding carboxylic acids is 1. The summed E-state index contributed by atoms with van der Waals surface area (Å²) in [6, 6.07) is 0. The number of esters is 1. The van der Waals surface area contributed by atoms with E-state index in [2.05, 4.69) is 13.8 Å². The van der Waals surface area contributed by atoms with E-state index in [0.717, 1.165) is 19.3 Å². The van der Waals surface area contributed by atoms with Crippen LogP contribution in [-0.2, 0) is 9.53 Å². The van der Waals surface area contributed by atoms with Gasteiger partial charge in [-0.3, -0.25) is 4.79 Å². The lowest BCUT2D eigenvalue weighted by Gasteiger charge is -2.42. The highest BCUT2D eigenvalue weighted by molar-refractivity contribution is 5.70. The lowest BCUT2D eigenvalue weighted by molar-refractivity contribution is -0.148. The van der Waals surface area contributed by atoms with Crippen LogP contribution in [0.3, 0.4) is 0 Å². The molecule has 1 fully saturated rings. The van der Waals surface area contributed by atoms with E-state index >= 15 is 0 Å². The monoisotopic (exact) mass is 244 g/mol. The fourth-order valence-electron chi connectivity index (χ4n) is 3.56. The van der Waals surface area contributed by atoms with Crippen molar-refractivity contribution in [2.24, 2.45) is 17.3 Å². The van der Waals surface area contributed by atoms with E-state index in [1.54, 1.807) is 0 Å². The molecule has 1 rings (SSSR count). The zero-order chi connectivity index (χ0) is 13.1. The van der Waals surface area contributed by atoms with Crippen LogP contribution in [-0.4, -0.2) is 29.6 Å². The molecule has 0 bridgehead atoms. The maximum atomic E-state index is 11.5. The second-order valence-electron chi connectivity index (χ2n) is 5.79. The lowest BCUT2D eigenvalue weighted by Crippen LogP contribution is -2.37. The van der Waals surface area contributed by atoms with Gasteiger partial charge in [0.1, 0.15) is 0 Å². The molecule has 100 valence electrons. The Bertz CT molecular complexity index is 247. The van der Waals surface area contributed by atoms with Crippen LogP contribution in [0.4, 0.5) is 0 Å². The van der Waals surface area contributed by atoms with Crippen LogP contribution in [0.25, 0.3) is 0 Å². The Morgan fingerprint density at radius 3 is 2.29 bits per heavy atom. The Morgan fingerprint density at radius 1 is 1.35 bits per heavy atom. The number of aliphatic hydroxyl groups is 2. The van der Waals surface area contributed by atoms with Crippen LogP contribution in [0.2, 0.25) is 0 Å². The van der Waals surface area contributed by atoms with Gasteiger partial charge in [-0.1, -0.05) is 13.8 Å². The van der Waals surface area contributed by atoms with Crippen molar-refractivity contribution in [2.75, 3.05) is 7.11 Å². The van der Waals surface area contributed by atoms with Gasteiger partial charge in [-0.25, -0.2) is 0 Å². The number of hydrogen-bond acceptors (Lipinski definition) is 4. The van der Waals surface area contributed by atoms with Crippen LogP contribution in [0.5, 0.6) is 0 Å². The maximum absolute atomic E-state index is 11.5. The standard InChI is InChI=1S/C13H24O4/c1-9-4-10(2)6-13(5-9,7-11(14)15)8-12(16)17-3/h9-11,14-15H,4-8H2,1-3H3/t9-,10+,13?. The summed E-state index contributed by atoms with van der Waals surface area (Å²) in [5, 5.41) is 18.5. The summed E-state index contributed by atoms with van der Waals surface area (Å²) in [4.78, 5) is 11.5. The van der Waals surface area contributed by atoms with Gasteiger partial charge in [0.15, 0.2) is 6.29 Å². The van der Waals surface area contributed by atoms with Crippen molar-refractivity contribution in [1.82, 2.24) is 0 Å². The third-order valence-electron chi connectivity index (χ3n) is 3.73. The smallest absolute Gasteiger partial charge is 0.306 e. The summed E-state index contributed by atoms with van der Waals surface area (Å²) in [5.74, 6) is 0.774. The summed E-state index contributed by atoms with van der Waals surface area (Å²) < 4.78 is 4.73. The molecule has 4 nitrogen and oxygen atoms in total. The normalized spacial score (nSPS) is 33.8. The Balaban J connectivity index is 2.80. The minimum Gasteiger partial charge on any atom is -0.469 e. The van der Waals surface area contributed by atoms with Gasteiger partial charge in [0.05, 0.1) is 13.5 Å². The fourth-order valence-corrected chi connectivity index (χ4v) is 3.56. The predicted octanol–water partition coefficient (Wildman–Crippen LogP) is 1.69. The van der Waals surface area contributed by atoms with Gasteiger partial charge in [-0.2, -0.15) is 0 Å². The van der Waals surface area contributed by atoms with E-state index in [1.807, 2.05) is 0 Å². The molecule has 1 saturated carbocycles. The first-order chi connectivity index (χ1) is 7.87.